The maximum absolute atomic E-state index is 5.95. The Bertz CT molecular complexity index is 371. The van der Waals surface area contributed by atoms with Gasteiger partial charge in [-0.05, 0) is 57.0 Å². The quantitative estimate of drug-likeness (QED) is 0.851. The van der Waals surface area contributed by atoms with E-state index in [4.69, 9.17) is 11.6 Å². The lowest BCUT2D eigenvalue weighted by Crippen LogP contribution is -2.39. The zero-order chi connectivity index (χ0) is 13.7. The average Bonchev–Trinajstić information content (AvgIpc) is 2.95. The molecule has 0 aliphatic carbocycles. The molecule has 1 saturated heterocycles. The van der Waals surface area contributed by atoms with Crippen LogP contribution in [-0.2, 0) is 0 Å². The maximum atomic E-state index is 5.95. The van der Waals surface area contributed by atoms with Gasteiger partial charge in [-0.15, -0.1) is 0 Å². The highest BCUT2D eigenvalue weighted by Gasteiger charge is 2.19. The second-order valence-electron chi connectivity index (χ2n) is 5.51. The van der Waals surface area contributed by atoms with Gasteiger partial charge in [-0.25, -0.2) is 0 Å². The van der Waals surface area contributed by atoms with Crippen LogP contribution < -0.4 is 5.32 Å². The molecular weight excluding hydrogens is 256 g/mol. The van der Waals surface area contributed by atoms with Crippen molar-refractivity contribution in [2.75, 3.05) is 19.6 Å². The smallest absolute Gasteiger partial charge is 0.0406 e. The van der Waals surface area contributed by atoms with Crippen molar-refractivity contribution in [2.24, 2.45) is 0 Å². The van der Waals surface area contributed by atoms with E-state index in [0.717, 1.165) is 18.0 Å². The summed E-state index contributed by atoms with van der Waals surface area (Å²) >= 11 is 5.95. The number of nitrogens with one attached hydrogen (secondary N) is 1. The molecule has 2 rings (SSSR count). The van der Waals surface area contributed by atoms with Gasteiger partial charge in [-0.2, -0.15) is 0 Å². The predicted octanol–water partition coefficient (Wildman–Crippen LogP) is 3.87. The summed E-state index contributed by atoms with van der Waals surface area (Å²) < 4.78 is 0. The van der Waals surface area contributed by atoms with E-state index in [-0.39, 0.29) is 0 Å². The molecule has 2 atom stereocenters. The molecule has 2 nitrogen and oxygen atoms in total. The first-order chi connectivity index (χ1) is 9.20. The van der Waals surface area contributed by atoms with Crippen molar-refractivity contribution >= 4 is 11.6 Å². The van der Waals surface area contributed by atoms with Gasteiger partial charge in [0.05, 0.1) is 0 Å². The van der Waals surface area contributed by atoms with Gasteiger partial charge < -0.3 is 5.32 Å². The summed E-state index contributed by atoms with van der Waals surface area (Å²) in [5.41, 5.74) is 1.33. The molecule has 2 unspecified atom stereocenters. The van der Waals surface area contributed by atoms with E-state index in [1.54, 1.807) is 0 Å². The third kappa shape index (κ3) is 4.20. The Hall–Kier alpha value is -0.570. The fourth-order valence-corrected chi connectivity index (χ4v) is 2.94. The van der Waals surface area contributed by atoms with Crippen molar-refractivity contribution in [3.05, 3.63) is 34.9 Å². The fraction of sp³-hybridized carbons (Fsp3) is 0.625. The van der Waals surface area contributed by atoms with Gasteiger partial charge in [0.25, 0.3) is 0 Å². The number of benzene rings is 1. The first-order valence-corrected chi connectivity index (χ1v) is 7.81. The Morgan fingerprint density at radius 3 is 2.42 bits per heavy atom. The second kappa shape index (κ2) is 7.28. The molecule has 3 heteroatoms. The molecule has 1 fully saturated rings. The number of hydrogen-bond acceptors (Lipinski definition) is 2. The van der Waals surface area contributed by atoms with Crippen LogP contribution in [0.15, 0.2) is 24.3 Å². The monoisotopic (exact) mass is 280 g/mol. The van der Waals surface area contributed by atoms with Gasteiger partial charge in [-0.3, -0.25) is 4.90 Å². The minimum Gasteiger partial charge on any atom is -0.308 e. The molecule has 1 heterocycles. The van der Waals surface area contributed by atoms with E-state index in [1.165, 1.54) is 31.5 Å². The Morgan fingerprint density at radius 1 is 1.21 bits per heavy atom. The molecule has 1 aliphatic rings. The van der Waals surface area contributed by atoms with Crippen LogP contribution >= 0.6 is 11.6 Å². The molecule has 0 saturated carbocycles. The Balaban J connectivity index is 1.86. The van der Waals surface area contributed by atoms with Crippen molar-refractivity contribution in [3.8, 4) is 0 Å². The van der Waals surface area contributed by atoms with Crippen LogP contribution in [0.25, 0.3) is 0 Å². The summed E-state index contributed by atoms with van der Waals surface area (Å²) in [6.07, 6.45) is 3.83. The molecule has 0 bridgehead atoms. The zero-order valence-electron chi connectivity index (χ0n) is 12.0. The van der Waals surface area contributed by atoms with Crippen LogP contribution in [-0.4, -0.2) is 30.6 Å². The summed E-state index contributed by atoms with van der Waals surface area (Å²) in [5, 5.41) is 4.51. The molecule has 0 aromatic heterocycles. The van der Waals surface area contributed by atoms with Crippen LogP contribution in [0.2, 0.25) is 5.02 Å². The van der Waals surface area contributed by atoms with E-state index >= 15 is 0 Å². The summed E-state index contributed by atoms with van der Waals surface area (Å²) in [5.74, 6) is 0. The fourth-order valence-electron chi connectivity index (χ4n) is 2.82. The Kier molecular flexibility index (Phi) is 5.68. The molecule has 106 valence electrons. The molecule has 0 spiro atoms. The van der Waals surface area contributed by atoms with Gasteiger partial charge in [0.15, 0.2) is 0 Å². The standard InChI is InChI=1S/C16H25ClN2/c1-3-16(14-6-8-15(17)9-7-14)18-12-13(2)19-10-4-5-11-19/h6-9,13,16,18H,3-5,10-12H2,1-2H3. The van der Waals surface area contributed by atoms with Crippen LogP contribution in [0.4, 0.5) is 0 Å². The average molecular weight is 281 g/mol. The highest BCUT2D eigenvalue weighted by atomic mass is 35.5. The lowest BCUT2D eigenvalue weighted by molar-refractivity contribution is 0.245. The van der Waals surface area contributed by atoms with Crippen molar-refractivity contribution < 1.29 is 0 Å². The van der Waals surface area contributed by atoms with Crippen molar-refractivity contribution in [3.63, 3.8) is 0 Å². The first kappa shape index (κ1) is 14.8. The number of likely N-dealkylation sites (tertiary alicyclic amines) is 1. The van der Waals surface area contributed by atoms with E-state index < -0.39 is 0 Å². The van der Waals surface area contributed by atoms with Gasteiger partial charge in [-0.1, -0.05) is 30.7 Å². The normalized spacial score (nSPS) is 19.5. The molecule has 0 amide bonds. The summed E-state index contributed by atoms with van der Waals surface area (Å²) in [4.78, 5) is 2.58. The number of nitrogens with zero attached hydrogens (tertiary/aromatic N) is 1. The molecule has 1 aromatic carbocycles. The molecule has 1 aromatic rings. The first-order valence-electron chi connectivity index (χ1n) is 7.43. The molecular formula is C16H25ClN2. The number of halogens is 1. The van der Waals surface area contributed by atoms with Gasteiger partial charge in [0.1, 0.15) is 0 Å². The number of rotatable bonds is 6. The van der Waals surface area contributed by atoms with E-state index in [9.17, 15) is 0 Å². The topological polar surface area (TPSA) is 15.3 Å². The Morgan fingerprint density at radius 2 is 1.84 bits per heavy atom. The van der Waals surface area contributed by atoms with Crippen molar-refractivity contribution in [1.82, 2.24) is 10.2 Å². The van der Waals surface area contributed by atoms with Crippen molar-refractivity contribution in [2.45, 2.75) is 45.2 Å². The van der Waals surface area contributed by atoms with Gasteiger partial charge in [0.2, 0.25) is 0 Å². The minimum atomic E-state index is 0.433. The zero-order valence-corrected chi connectivity index (χ0v) is 12.8. The molecule has 1 N–H and O–H groups in total. The van der Waals surface area contributed by atoms with E-state index in [2.05, 4.69) is 36.2 Å². The highest BCUT2D eigenvalue weighted by Crippen LogP contribution is 2.19. The summed E-state index contributed by atoms with van der Waals surface area (Å²) in [7, 11) is 0. The van der Waals surface area contributed by atoms with Crippen molar-refractivity contribution in [1.29, 1.82) is 0 Å². The SMILES string of the molecule is CCC(NCC(C)N1CCCC1)c1ccc(Cl)cc1. The van der Waals surface area contributed by atoms with Crippen LogP contribution in [0, 0.1) is 0 Å². The highest BCUT2D eigenvalue weighted by molar-refractivity contribution is 6.30. The number of hydrogen-bond donors (Lipinski definition) is 1. The van der Waals surface area contributed by atoms with Crippen LogP contribution in [0.3, 0.4) is 0 Å². The van der Waals surface area contributed by atoms with E-state index in [1.807, 2.05) is 12.1 Å². The lowest BCUT2D eigenvalue weighted by atomic mass is 10.0. The van der Waals surface area contributed by atoms with Crippen LogP contribution in [0.5, 0.6) is 0 Å². The molecule has 19 heavy (non-hydrogen) atoms. The Labute approximate surface area is 122 Å². The predicted molar refractivity (Wildman–Crippen MR) is 82.8 cm³/mol. The van der Waals surface area contributed by atoms with Gasteiger partial charge in [0, 0.05) is 23.7 Å². The largest absolute Gasteiger partial charge is 0.308 e. The second-order valence-corrected chi connectivity index (χ2v) is 5.95. The molecule has 1 aliphatic heterocycles. The third-order valence-corrected chi connectivity index (χ3v) is 4.36. The summed E-state index contributed by atoms with van der Waals surface area (Å²) in [6.45, 7) is 8.14. The lowest BCUT2D eigenvalue weighted by Gasteiger charge is -2.26. The summed E-state index contributed by atoms with van der Waals surface area (Å²) in [6, 6.07) is 9.27. The van der Waals surface area contributed by atoms with Crippen LogP contribution in [0.1, 0.15) is 44.7 Å². The van der Waals surface area contributed by atoms with Gasteiger partial charge >= 0.3 is 0 Å². The third-order valence-electron chi connectivity index (χ3n) is 4.10. The maximum Gasteiger partial charge on any atom is 0.0406 e. The minimum absolute atomic E-state index is 0.433. The van der Waals surface area contributed by atoms with E-state index in [0.29, 0.717) is 12.1 Å². The molecule has 0 radical (unpaired) electrons.